The zero-order chi connectivity index (χ0) is 12.8. The Morgan fingerprint density at radius 3 is 2.74 bits per heavy atom. The zero-order valence-electron chi connectivity index (χ0n) is 11.2. The van der Waals surface area contributed by atoms with Gasteiger partial charge in [0.15, 0.2) is 0 Å². The van der Waals surface area contributed by atoms with Crippen LogP contribution in [0, 0.1) is 5.92 Å². The highest BCUT2D eigenvalue weighted by molar-refractivity contribution is 5.79. The van der Waals surface area contributed by atoms with Gasteiger partial charge in [-0.25, -0.2) is 4.68 Å². The molecule has 1 aliphatic heterocycles. The number of likely N-dealkylation sites (tertiary alicyclic amines) is 1. The fraction of sp³-hybridized carbons (Fsp3) is 0.786. The lowest BCUT2D eigenvalue weighted by atomic mass is 9.84. The van der Waals surface area contributed by atoms with Crippen molar-refractivity contribution in [3.8, 4) is 0 Å². The third-order valence-electron chi connectivity index (χ3n) is 4.83. The summed E-state index contributed by atoms with van der Waals surface area (Å²) in [7, 11) is 0. The van der Waals surface area contributed by atoms with E-state index in [4.69, 9.17) is 0 Å². The highest BCUT2D eigenvalue weighted by atomic mass is 16.2. The van der Waals surface area contributed by atoms with Crippen molar-refractivity contribution in [2.45, 2.75) is 50.5 Å². The Morgan fingerprint density at radius 1 is 1.21 bits per heavy atom. The van der Waals surface area contributed by atoms with Crippen LogP contribution in [0.3, 0.4) is 0 Å². The van der Waals surface area contributed by atoms with Crippen LogP contribution in [-0.4, -0.2) is 38.9 Å². The first kappa shape index (κ1) is 11.4. The van der Waals surface area contributed by atoms with Crippen molar-refractivity contribution in [2.75, 3.05) is 13.1 Å². The molecule has 3 aliphatic rings. The van der Waals surface area contributed by atoms with Gasteiger partial charge in [0.2, 0.25) is 5.91 Å². The Bertz CT molecular complexity index is 489. The van der Waals surface area contributed by atoms with Crippen molar-refractivity contribution in [2.24, 2.45) is 5.92 Å². The minimum Gasteiger partial charge on any atom is -0.340 e. The van der Waals surface area contributed by atoms with E-state index in [1.165, 1.54) is 19.3 Å². The molecule has 2 heterocycles. The van der Waals surface area contributed by atoms with E-state index >= 15 is 0 Å². The second-order valence-electron chi connectivity index (χ2n) is 6.25. The average Bonchev–Trinajstić information content (AvgIpc) is 2.91. The van der Waals surface area contributed by atoms with E-state index in [1.54, 1.807) is 0 Å². The minimum absolute atomic E-state index is 0.316. The van der Waals surface area contributed by atoms with Crippen molar-refractivity contribution in [3.63, 3.8) is 0 Å². The van der Waals surface area contributed by atoms with Crippen molar-refractivity contribution in [3.05, 3.63) is 11.9 Å². The molecule has 1 saturated heterocycles. The van der Waals surface area contributed by atoms with E-state index in [0.717, 1.165) is 38.0 Å². The van der Waals surface area contributed by atoms with Gasteiger partial charge in [-0.3, -0.25) is 4.79 Å². The summed E-state index contributed by atoms with van der Waals surface area (Å²) in [4.78, 5) is 14.2. The van der Waals surface area contributed by atoms with E-state index in [2.05, 4.69) is 16.5 Å². The number of amides is 1. The van der Waals surface area contributed by atoms with Crippen molar-refractivity contribution in [1.29, 1.82) is 0 Å². The van der Waals surface area contributed by atoms with E-state index in [1.807, 2.05) is 9.58 Å². The van der Waals surface area contributed by atoms with E-state index in [0.29, 0.717) is 23.8 Å². The fourth-order valence-electron chi connectivity index (χ4n) is 3.11. The van der Waals surface area contributed by atoms with Crippen LogP contribution in [0.4, 0.5) is 0 Å². The van der Waals surface area contributed by atoms with Crippen LogP contribution < -0.4 is 0 Å². The first-order chi connectivity index (χ1) is 9.31. The maximum absolute atomic E-state index is 12.2. The van der Waals surface area contributed by atoms with Gasteiger partial charge in [-0.1, -0.05) is 11.6 Å². The van der Waals surface area contributed by atoms with Crippen LogP contribution >= 0.6 is 0 Å². The first-order valence-corrected chi connectivity index (χ1v) is 7.52. The molecule has 0 aromatic carbocycles. The van der Waals surface area contributed by atoms with Gasteiger partial charge in [-0.2, -0.15) is 0 Å². The van der Waals surface area contributed by atoms with Crippen LogP contribution in [0.5, 0.6) is 0 Å². The number of aromatic nitrogens is 3. The number of hydrogen-bond acceptors (Lipinski definition) is 3. The third-order valence-corrected chi connectivity index (χ3v) is 4.83. The molecule has 1 unspecified atom stereocenters. The Labute approximate surface area is 113 Å². The molecule has 5 heteroatoms. The number of nitrogens with zero attached hydrogens (tertiary/aromatic N) is 4. The van der Waals surface area contributed by atoms with Gasteiger partial charge >= 0.3 is 0 Å². The topological polar surface area (TPSA) is 51.0 Å². The number of hydrogen-bond donors (Lipinski definition) is 0. The summed E-state index contributed by atoms with van der Waals surface area (Å²) in [5.74, 6) is 1.34. The summed E-state index contributed by atoms with van der Waals surface area (Å²) >= 11 is 0. The maximum Gasteiger partial charge on any atom is 0.225 e. The zero-order valence-corrected chi connectivity index (χ0v) is 11.2. The molecule has 1 aromatic heterocycles. The molecular formula is C14H20N4O. The lowest BCUT2D eigenvalue weighted by Gasteiger charge is -2.29. The molecule has 1 aromatic rings. The second-order valence-corrected chi connectivity index (χ2v) is 6.25. The highest BCUT2D eigenvalue weighted by Gasteiger charge is 2.35. The number of carbonyl (C=O) groups is 1. The summed E-state index contributed by atoms with van der Waals surface area (Å²) < 4.78 is 1.99. The predicted octanol–water partition coefficient (Wildman–Crippen LogP) is 1.73. The first-order valence-electron chi connectivity index (χ1n) is 7.52. The summed E-state index contributed by atoms with van der Waals surface area (Å²) in [6.45, 7) is 1.71. The Hall–Kier alpha value is -1.39. The van der Waals surface area contributed by atoms with E-state index in [-0.39, 0.29) is 0 Å². The minimum atomic E-state index is 0.316. The summed E-state index contributed by atoms with van der Waals surface area (Å²) in [5.41, 5.74) is 1.14. The largest absolute Gasteiger partial charge is 0.340 e. The molecule has 1 amide bonds. The molecule has 2 saturated carbocycles. The Kier molecular flexibility index (Phi) is 2.60. The van der Waals surface area contributed by atoms with Gasteiger partial charge in [0.05, 0.1) is 11.7 Å². The Balaban J connectivity index is 1.41. The molecule has 5 nitrogen and oxygen atoms in total. The molecule has 0 N–H and O–H groups in total. The van der Waals surface area contributed by atoms with Crippen LogP contribution in [0.2, 0.25) is 0 Å². The van der Waals surface area contributed by atoms with Gasteiger partial charge in [0.1, 0.15) is 0 Å². The number of rotatable bonds is 3. The molecule has 0 radical (unpaired) electrons. The highest BCUT2D eigenvalue weighted by Crippen LogP contribution is 2.39. The van der Waals surface area contributed by atoms with Crippen molar-refractivity contribution < 1.29 is 4.79 Å². The monoisotopic (exact) mass is 260 g/mol. The molecular weight excluding hydrogens is 240 g/mol. The molecule has 0 spiro atoms. The van der Waals surface area contributed by atoms with Crippen molar-refractivity contribution in [1.82, 2.24) is 19.9 Å². The molecule has 0 bridgehead atoms. The van der Waals surface area contributed by atoms with E-state index in [9.17, 15) is 4.79 Å². The van der Waals surface area contributed by atoms with Gasteiger partial charge in [-0.15, -0.1) is 5.10 Å². The summed E-state index contributed by atoms with van der Waals surface area (Å²) in [6.07, 6.45) is 9.04. The van der Waals surface area contributed by atoms with Crippen LogP contribution in [0.25, 0.3) is 0 Å². The Morgan fingerprint density at radius 2 is 2.05 bits per heavy atom. The average molecular weight is 260 g/mol. The fourth-order valence-corrected chi connectivity index (χ4v) is 3.11. The van der Waals surface area contributed by atoms with Gasteiger partial charge in [0, 0.05) is 31.1 Å². The molecule has 1 atom stereocenters. The van der Waals surface area contributed by atoms with Gasteiger partial charge < -0.3 is 4.90 Å². The van der Waals surface area contributed by atoms with Crippen molar-refractivity contribution >= 4 is 5.91 Å². The molecule has 4 rings (SSSR count). The quantitative estimate of drug-likeness (QED) is 0.831. The van der Waals surface area contributed by atoms with E-state index < -0.39 is 0 Å². The third kappa shape index (κ3) is 2.05. The molecule has 102 valence electrons. The molecule has 3 fully saturated rings. The lowest BCUT2D eigenvalue weighted by Crippen LogP contribution is -2.37. The SMILES string of the molecule is O=C(C1CCC1)N1CCC(n2cc(C3CC3)nn2)C1. The smallest absolute Gasteiger partial charge is 0.225 e. The van der Waals surface area contributed by atoms with Crippen LogP contribution in [0.15, 0.2) is 6.20 Å². The second kappa shape index (κ2) is 4.32. The number of carbonyl (C=O) groups excluding carboxylic acids is 1. The maximum atomic E-state index is 12.2. The lowest BCUT2D eigenvalue weighted by molar-refractivity contribution is -0.137. The summed E-state index contributed by atoms with van der Waals surface area (Å²) in [5, 5.41) is 8.53. The summed E-state index contributed by atoms with van der Waals surface area (Å²) in [6, 6.07) is 0.337. The molecule has 19 heavy (non-hydrogen) atoms. The molecule has 2 aliphatic carbocycles. The normalized spacial score (nSPS) is 27.6. The van der Waals surface area contributed by atoms with Crippen LogP contribution in [0.1, 0.15) is 56.2 Å². The predicted molar refractivity (Wildman–Crippen MR) is 69.6 cm³/mol. The van der Waals surface area contributed by atoms with Gasteiger partial charge in [0.25, 0.3) is 0 Å². The van der Waals surface area contributed by atoms with Crippen LogP contribution in [-0.2, 0) is 4.79 Å². The van der Waals surface area contributed by atoms with Gasteiger partial charge in [-0.05, 0) is 32.1 Å². The standard InChI is InChI=1S/C14H20N4O/c19-14(11-2-1-3-11)17-7-6-12(8-17)18-9-13(15-16-18)10-4-5-10/h9-12H,1-8H2.